The molecule has 21 heavy (non-hydrogen) atoms. The van der Waals surface area contributed by atoms with Crippen molar-refractivity contribution in [3.05, 3.63) is 34.9 Å². The average molecular weight is 310 g/mol. The van der Waals surface area contributed by atoms with E-state index in [0.29, 0.717) is 5.02 Å². The van der Waals surface area contributed by atoms with Crippen LogP contribution < -0.4 is 5.32 Å². The smallest absolute Gasteiger partial charge is 0.325 e. The number of aliphatic carboxylic acids is 1. The highest BCUT2D eigenvalue weighted by atomic mass is 35.5. The molecule has 5 heteroatoms. The van der Waals surface area contributed by atoms with E-state index >= 15 is 0 Å². The number of hydrogen-bond donors (Lipinski definition) is 2. The summed E-state index contributed by atoms with van der Waals surface area (Å²) in [5.41, 5.74) is 0.220. The molecular weight excluding hydrogens is 290 g/mol. The van der Waals surface area contributed by atoms with Gasteiger partial charge in [0.15, 0.2) is 0 Å². The summed E-state index contributed by atoms with van der Waals surface area (Å²) in [7, 11) is 0. The predicted octanol–water partition coefficient (Wildman–Crippen LogP) is 3.13. The monoisotopic (exact) mass is 309 g/mol. The number of carboxylic acid groups (broad SMARTS) is 1. The Morgan fingerprint density at radius 1 is 1.29 bits per heavy atom. The highest BCUT2D eigenvalue weighted by Crippen LogP contribution is 2.40. The van der Waals surface area contributed by atoms with Crippen LogP contribution >= 0.6 is 11.6 Å². The number of halogens is 1. The van der Waals surface area contributed by atoms with Crippen LogP contribution in [0.3, 0.4) is 0 Å². The number of rotatable bonds is 4. The third kappa shape index (κ3) is 3.38. The van der Waals surface area contributed by atoms with E-state index in [0.717, 1.165) is 37.7 Å². The van der Waals surface area contributed by atoms with E-state index in [1.54, 1.807) is 6.07 Å². The number of carbonyl (C=O) groups is 2. The molecule has 0 aliphatic heterocycles. The van der Waals surface area contributed by atoms with Gasteiger partial charge in [0.05, 0.1) is 5.41 Å². The second kappa shape index (κ2) is 6.48. The van der Waals surface area contributed by atoms with Gasteiger partial charge >= 0.3 is 5.97 Å². The van der Waals surface area contributed by atoms with Crippen molar-refractivity contribution < 1.29 is 14.7 Å². The Morgan fingerprint density at radius 3 is 2.52 bits per heavy atom. The summed E-state index contributed by atoms with van der Waals surface area (Å²) in [6.07, 6.45) is 4.48. The van der Waals surface area contributed by atoms with Gasteiger partial charge in [-0.25, -0.2) is 0 Å². The first-order chi connectivity index (χ1) is 9.95. The largest absolute Gasteiger partial charge is 0.480 e. The minimum Gasteiger partial charge on any atom is -0.480 e. The third-order valence-electron chi connectivity index (χ3n) is 4.24. The topological polar surface area (TPSA) is 66.4 Å². The van der Waals surface area contributed by atoms with Crippen molar-refractivity contribution in [2.75, 3.05) is 0 Å². The van der Waals surface area contributed by atoms with Gasteiger partial charge in [-0.3, -0.25) is 9.59 Å². The number of amides is 1. The van der Waals surface area contributed by atoms with E-state index in [9.17, 15) is 9.59 Å². The first-order valence-electron chi connectivity index (χ1n) is 7.25. The molecule has 0 bridgehead atoms. The molecule has 0 heterocycles. The normalized spacial score (nSPS) is 18.8. The van der Waals surface area contributed by atoms with Gasteiger partial charge in [-0.05, 0) is 37.5 Å². The summed E-state index contributed by atoms with van der Waals surface area (Å²) < 4.78 is 0. The fourth-order valence-corrected chi connectivity index (χ4v) is 3.18. The van der Waals surface area contributed by atoms with Crippen LogP contribution in [-0.4, -0.2) is 23.0 Å². The number of hydrogen-bond acceptors (Lipinski definition) is 2. The molecular formula is C16H20ClNO3. The maximum atomic E-state index is 12.7. The molecule has 114 valence electrons. The SMILES string of the molecule is C[C@H](NC(=O)C1(c2cccc(Cl)c2)CCCCC1)C(=O)O. The van der Waals surface area contributed by atoms with E-state index in [4.69, 9.17) is 16.7 Å². The first-order valence-corrected chi connectivity index (χ1v) is 7.63. The van der Waals surface area contributed by atoms with Crippen LogP contribution in [0.1, 0.15) is 44.6 Å². The summed E-state index contributed by atoms with van der Waals surface area (Å²) >= 11 is 6.06. The van der Waals surface area contributed by atoms with Crippen molar-refractivity contribution in [2.45, 2.75) is 50.5 Å². The van der Waals surface area contributed by atoms with Gasteiger partial charge in [-0.2, -0.15) is 0 Å². The van der Waals surface area contributed by atoms with E-state index in [2.05, 4.69) is 5.32 Å². The lowest BCUT2D eigenvalue weighted by molar-refractivity contribution is -0.142. The summed E-state index contributed by atoms with van der Waals surface area (Å²) in [4.78, 5) is 23.7. The Morgan fingerprint density at radius 2 is 1.95 bits per heavy atom. The highest BCUT2D eigenvalue weighted by Gasteiger charge is 2.42. The number of carbonyl (C=O) groups excluding carboxylic acids is 1. The van der Waals surface area contributed by atoms with Crippen molar-refractivity contribution in [1.82, 2.24) is 5.32 Å². The quantitative estimate of drug-likeness (QED) is 0.898. The minimum atomic E-state index is -1.03. The summed E-state index contributed by atoms with van der Waals surface area (Å²) in [5.74, 6) is -1.24. The van der Waals surface area contributed by atoms with Gasteiger partial charge in [-0.1, -0.05) is 43.0 Å². The van der Waals surface area contributed by atoms with Crippen LogP contribution in [0.5, 0.6) is 0 Å². The molecule has 1 aromatic rings. The second-order valence-electron chi connectivity index (χ2n) is 5.69. The lowest BCUT2D eigenvalue weighted by Crippen LogP contribution is -2.50. The first kappa shape index (κ1) is 15.8. The second-order valence-corrected chi connectivity index (χ2v) is 6.12. The predicted molar refractivity (Wildman–Crippen MR) is 81.5 cm³/mol. The van der Waals surface area contributed by atoms with Crippen LogP contribution in [0.4, 0.5) is 0 Å². The molecule has 1 atom stereocenters. The lowest BCUT2D eigenvalue weighted by atomic mass is 9.68. The van der Waals surface area contributed by atoms with E-state index in [1.807, 2.05) is 18.2 Å². The standard InChI is InChI=1S/C16H20ClNO3/c1-11(14(19)20)18-15(21)16(8-3-2-4-9-16)12-6-5-7-13(17)10-12/h5-7,10-11H,2-4,8-9H2,1H3,(H,18,21)(H,19,20)/t11-/m0/s1. The molecule has 2 rings (SSSR count). The van der Waals surface area contributed by atoms with Crippen LogP contribution in [-0.2, 0) is 15.0 Å². The minimum absolute atomic E-state index is 0.209. The molecule has 2 N–H and O–H groups in total. The van der Waals surface area contributed by atoms with Crippen molar-refractivity contribution in [1.29, 1.82) is 0 Å². The molecule has 0 saturated heterocycles. The molecule has 1 aromatic carbocycles. The molecule has 1 amide bonds. The Hall–Kier alpha value is -1.55. The Kier molecular flexibility index (Phi) is 4.88. The fraction of sp³-hybridized carbons (Fsp3) is 0.500. The molecule has 0 radical (unpaired) electrons. The highest BCUT2D eigenvalue weighted by molar-refractivity contribution is 6.30. The van der Waals surface area contributed by atoms with Crippen molar-refractivity contribution in [2.24, 2.45) is 0 Å². The van der Waals surface area contributed by atoms with Gasteiger partial charge in [0.1, 0.15) is 6.04 Å². The van der Waals surface area contributed by atoms with Crippen LogP contribution in [0.15, 0.2) is 24.3 Å². The Bertz CT molecular complexity index is 538. The summed E-state index contributed by atoms with van der Waals surface area (Å²) in [5, 5.41) is 12.2. The molecule has 1 aliphatic rings. The van der Waals surface area contributed by atoms with Crippen molar-refractivity contribution in [3.8, 4) is 0 Å². The van der Waals surface area contributed by atoms with Crippen LogP contribution in [0.2, 0.25) is 5.02 Å². The van der Waals surface area contributed by atoms with Crippen molar-refractivity contribution in [3.63, 3.8) is 0 Å². The molecule has 1 aliphatic carbocycles. The van der Waals surface area contributed by atoms with Gasteiger partial charge in [-0.15, -0.1) is 0 Å². The zero-order chi connectivity index (χ0) is 15.5. The fourth-order valence-electron chi connectivity index (χ4n) is 2.98. The van der Waals surface area contributed by atoms with E-state index in [1.165, 1.54) is 6.92 Å². The summed E-state index contributed by atoms with van der Waals surface area (Å²) in [6, 6.07) is 6.44. The van der Waals surface area contributed by atoms with Crippen LogP contribution in [0.25, 0.3) is 0 Å². The molecule has 0 aromatic heterocycles. The summed E-state index contributed by atoms with van der Waals surface area (Å²) in [6.45, 7) is 1.48. The molecule has 4 nitrogen and oxygen atoms in total. The van der Waals surface area contributed by atoms with Gasteiger partial charge < -0.3 is 10.4 Å². The van der Waals surface area contributed by atoms with E-state index in [-0.39, 0.29) is 5.91 Å². The number of carboxylic acids is 1. The number of nitrogens with one attached hydrogen (secondary N) is 1. The Balaban J connectivity index is 2.33. The van der Waals surface area contributed by atoms with E-state index < -0.39 is 17.4 Å². The van der Waals surface area contributed by atoms with Crippen molar-refractivity contribution >= 4 is 23.5 Å². The van der Waals surface area contributed by atoms with Gasteiger partial charge in [0, 0.05) is 5.02 Å². The molecule has 0 spiro atoms. The third-order valence-corrected chi connectivity index (χ3v) is 4.47. The van der Waals surface area contributed by atoms with Gasteiger partial charge in [0.2, 0.25) is 5.91 Å². The lowest BCUT2D eigenvalue weighted by Gasteiger charge is -2.37. The molecule has 1 saturated carbocycles. The maximum absolute atomic E-state index is 12.7. The zero-order valence-electron chi connectivity index (χ0n) is 12.1. The Labute approximate surface area is 129 Å². The molecule has 0 unspecified atom stereocenters. The zero-order valence-corrected chi connectivity index (χ0v) is 12.8. The molecule has 1 fully saturated rings. The average Bonchev–Trinajstić information content (AvgIpc) is 2.47. The van der Waals surface area contributed by atoms with Crippen LogP contribution in [0, 0.1) is 0 Å². The maximum Gasteiger partial charge on any atom is 0.325 e. The van der Waals surface area contributed by atoms with Gasteiger partial charge in [0.25, 0.3) is 0 Å². The number of benzene rings is 1.